The molecule has 0 saturated carbocycles. The minimum Gasteiger partial charge on any atom is -0.497 e. The molecule has 3 aromatic rings. The van der Waals surface area contributed by atoms with Gasteiger partial charge in [-0.15, -0.1) is 11.8 Å². The minimum absolute atomic E-state index is 0.0354. The molecule has 166 valence electrons. The summed E-state index contributed by atoms with van der Waals surface area (Å²) in [5, 5.41) is 5.11. The summed E-state index contributed by atoms with van der Waals surface area (Å²) in [6.07, 6.45) is 0. The van der Waals surface area contributed by atoms with E-state index in [0.717, 1.165) is 4.90 Å². The number of hydrogen-bond donors (Lipinski definition) is 2. The first-order valence-electron chi connectivity index (χ1n) is 9.76. The van der Waals surface area contributed by atoms with Crippen molar-refractivity contribution in [1.29, 1.82) is 0 Å². The molecule has 0 aliphatic carbocycles. The Kier molecular flexibility index (Phi) is 7.72. The summed E-state index contributed by atoms with van der Waals surface area (Å²) < 4.78 is 24.3. The molecular weight excluding hydrogens is 431 g/mol. The molecule has 0 fully saturated rings. The van der Waals surface area contributed by atoms with E-state index in [4.69, 9.17) is 9.47 Å². The molecule has 0 bridgehead atoms. The van der Waals surface area contributed by atoms with Crippen molar-refractivity contribution in [2.24, 2.45) is 0 Å². The number of nitrogens with one attached hydrogen (secondary N) is 2. The fourth-order valence-corrected chi connectivity index (χ4v) is 3.81. The van der Waals surface area contributed by atoms with Gasteiger partial charge in [0.25, 0.3) is 5.91 Å². The van der Waals surface area contributed by atoms with Crippen molar-refractivity contribution in [3.05, 3.63) is 78.1 Å². The maximum atomic E-state index is 13.8. The van der Waals surface area contributed by atoms with Crippen LogP contribution in [0.4, 0.5) is 15.8 Å². The predicted octanol–water partition coefficient (Wildman–Crippen LogP) is 5.21. The fraction of sp³-hybridized carbons (Fsp3) is 0.167. The second-order valence-corrected chi connectivity index (χ2v) is 8.19. The molecule has 0 aliphatic rings. The summed E-state index contributed by atoms with van der Waals surface area (Å²) in [4.78, 5) is 25.8. The van der Waals surface area contributed by atoms with E-state index < -0.39 is 17.0 Å². The molecule has 0 aliphatic heterocycles. The van der Waals surface area contributed by atoms with Gasteiger partial charge in [-0.2, -0.15) is 0 Å². The maximum absolute atomic E-state index is 13.8. The number of benzene rings is 3. The van der Waals surface area contributed by atoms with Crippen molar-refractivity contribution in [2.45, 2.75) is 17.1 Å². The highest BCUT2D eigenvalue weighted by molar-refractivity contribution is 8.00. The van der Waals surface area contributed by atoms with Crippen molar-refractivity contribution in [1.82, 2.24) is 0 Å². The number of amides is 2. The van der Waals surface area contributed by atoms with Gasteiger partial charge in [0.2, 0.25) is 5.91 Å². The van der Waals surface area contributed by atoms with Gasteiger partial charge in [-0.25, -0.2) is 4.39 Å². The van der Waals surface area contributed by atoms with Crippen molar-refractivity contribution >= 4 is 35.0 Å². The normalized spacial score (nSPS) is 11.4. The third-order valence-electron chi connectivity index (χ3n) is 4.56. The Labute approximate surface area is 190 Å². The Morgan fingerprint density at radius 1 is 0.938 bits per heavy atom. The molecule has 3 aromatic carbocycles. The number of ether oxygens (including phenoxy) is 2. The lowest BCUT2D eigenvalue weighted by atomic mass is 10.2. The van der Waals surface area contributed by atoms with Gasteiger partial charge in [0.05, 0.1) is 30.7 Å². The van der Waals surface area contributed by atoms with Crippen molar-refractivity contribution in [3.8, 4) is 11.5 Å². The van der Waals surface area contributed by atoms with Crippen molar-refractivity contribution in [3.63, 3.8) is 0 Å². The second-order valence-electron chi connectivity index (χ2n) is 6.78. The van der Waals surface area contributed by atoms with E-state index in [1.807, 2.05) is 6.07 Å². The van der Waals surface area contributed by atoms with Crippen LogP contribution in [-0.2, 0) is 4.79 Å². The van der Waals surface area contributed by atoms with E-state index in [1.165, 1.54) is 37.1 Å². The molecule has 1 atom stereocenters. The Morgan fingerprint density at radius 3 is 2.44 bits per heavy atom. The van der Waals surface area contributed by atoms with E-state index in [0.29, 0.717) is 22.9 Å². The molecule has 0 spiro atoms. The second kappa shape index (κ2) is 10.7. The topological polar surface area (TPSA) is 76.7 Å². The van der Waals surface area contributed by atoms with E-state index in [9.17, 15) is 14.0 Å². The molecule has 0 radical (unpaired) electrons. The number of methoxy groups -OCH3 is 2. The molecule has 6 nitrogen and oxygen atoms in total. The number of anilines is 2. The predicted molar refractivity (Wildman–Crippen MR) is 124 cm³/mol. The Hall–Kier alpha value is -3.52. The summed E-state index contributed by atoms with van der Waals surface area (Å²) in [6.45, 7) is 1.78. The van der Waals surface area contributed by atoms with Crippen LogP contribution in [0.3, 0.4) is 0 Å². The SMILES string of the molecule is COc1ccc(NC(=O)C(C)Sc2cccc(NC(=O)c3ccccc3F)c2)c(OC)c1. The lowest BCUT2D eigenvalue weighted by Crippen LogP contribution is -2.22. The van der Waals surface area contributed by atoms with Crippen LogP contribution in [0.15, 0.2) is 71.6 Å². The van der Waals surface area contributed by atoms with Gasteiger partial charge in [-0.1, -0.05) is 18.2 Å². The standard InChI is InChI=1S/C24H23FN2O4S/c1-15(23(28)27-21-12-11-17(30-2)14-22(21)31-3)32-18-8-6-7-16(13-18)26-24(29)19-9-4-5-10-20(19)25/h4-15H,1-3H3,(H,26,29)(H,27,28). The first-order chi connectivity index (χ1) is 15.4. The number of rotatable bonds is 8. The van der Waals surface area contributed by atoms with E-state index in [-0.39, 0.29) is 11.5 Å². The van der Waals surface area contributed by atoms with E-state index >= 15 is 0 Å². The number of halogens is 1. The zero-order chi connectivity index (χ0) is 23.1. The first kappa shape index (κ1) is 23.1. The lowest BCUT2D eigenvalue weighted by Gasteiger charge is -2.15. The summed E-state index contributed by atoms with van der Waals surface area (Å²) in [5.41, 5.74) is 1.01. The third-order valence-corrected chi connectivity index (χ3v) is 5.65. The Bertz CT molecular complexity index is 1120. The Balaban J connectivity index is 1.65. The molecule has 32 heavy (non-hydrogen) atoms. The van der Waals surface area contributed by atoms with Crippen LogP contribution in [-0.4, -0.2) is 31.3 Å². The Morgan fingerprint density at radius 2 is 1.72 bits per heavy atom. The van der Waals surface area contributed by atoms with Crippen LogP contribution < -0.4 is 20.1 Å². The maximum Gasteiger partial charge on any atom is 0.258 e. The van der Waals surface area contributed by atoms with Gasteiger partial charge < -0.3 is 20.1 Å². The zero-order valence-electron chi connectivity index (χ0n) is 17.8. The summed E-state index contributed by atoms with van der Waals surface area (Å²) in [6, 6.07) is 18.0. The van der Waals surface area contributed by atoms with Gasteiger partial charge in [0.15, 0.2) is 0 Å². The van der Waals surface area contributed by atoms with Crippen LogP contribution >= 0.6 is 11.8 Å². The highest BCUT2D eigenvalue weighted by atomic mass is 32.2. The van der Waals surface area contributed by atoms with Crippen LogP contribution in [0.25, 0.3) is 0 Å². The van der Waals surface area contributed by atoms with Crippen LogP contribution in [0.2, 0.25) is 0 Å². The number of hydrogen-bond acceptors (Lipinski definition) is 5. The first-order valence-corrected chi connectivity index (χ1v) is 10.6. The molecule has 0 saturated heterocycles. The molecule has 1 unspecified atom stereocenters. The number of carbonyl (C=O) groups excluding carboxylic acids is 2. The van der Waals surface area contributed by atoms with Gasteiger partial charge in [0.1, 0.15) is 17.3 Å². The highest BCUT2D eigenvalue weighted by Gasteiger charge is 2.17. The average molecular weight is 455 g/mol. The number of thioether (sulfide) groups is 1. The smallest absolute Gasteiger partial charge is 0.258 e. The minimum atomic E-state index is -0.588. The molecule has 3 rings (SSSR count). The van der Waals surface area contributed by atoms with E-state index in [2.05, 4.69) is 10.6 Å². The lowest BCUT2D eigenvalue weighted by molar-refractivity contribution is -0.115. The van der Waals surface area contributed by atoms with Crippen molar-refractivity contribution in [2.75, 3.05) is 24.9 Å². The average Bonchev–Trinajstić information content (AvgIpc) is 2.79. The van der Waals surface area contributed by atoms with Gasteiger partial charge in [-0.3, -0.25) is 9.59 Å². The monoisotopic (exact) mass is 454 g/mol. The zero-order valence-corrected chi connectivity index (χ0v) is 18.7. The van der Waals surface area contributed by atoms with Crippen LogP contribution in [0.5, 0.6) is 11.5 Å². The number of carbonyl (C=O) groups is 2. The van der Waals surface area contributed by atoms with Gasteiger partial charge in [-0.05, 0) is 49.4 Å². The van der Waals surface area contributed by atoms with Gasteiger partial charge >= 0.3 is 0 Å². The summed E-state index contributed by atoms with van der Waals surface area (Å²) in [5.74, 6) is -0.221. The molecule has 2 amide bonds. The van der Waals surface area contributed by atoms with Crippen LogP contribution in [0, 0.1) is 5.82 Å². The molecule has 0 heterocycles. The highest BCUT2D eigenvalue weighted by Crippen LogP contribution is 2.31. The molecule has 8 heteroatoms. The largest absolute Gasteiger partial charge is 0.497 e. The van der Waals surface area contributed by atoms with E-state index in [1.54, 1.807) is 56.5 Å². The fourth-order valence-electron chi connectivity index (χ4n) is 2.88. The summed E-state index contributed by atoms with van der Waals surface area (Å²) >= 11 is 1.33. The van der Waals surface area contributed by atoms with Gasteiger partial charge in [0, 0.05) is 16.6 Å². The quantitative estimate of drug-likeness (QED) is 0.457. The van der Waals surface area contributed by atoms with Crippen molar-refractivity contribution < 1.29 is 23.5 Å². The molecule has 2 N–H and O–H groups in total. The third kappa shape index (κ3) is 5.79. The van der Waals surface area contributed by atoms with Crippen LogP contribution in [0.1, 0.15) is 17.3 Å². The molecule has 0 aromatic heterocycles. The summed E-state index contributed by atoms with van der Waals surface area (Å²) in [7, 11) is 3.07. The molecular formula is C24H23FN2O4S.